The molecule has 3 aromatic rings. The van der Waals surface area contributed by atoms with Gasteiger partial charge in [0.2, 0.25) is 5.16 Å². The summed E-state index contributed by atoms with van der Waals surface area (Å²) >= 11 is 4.45. The van der Waals surface area contributed by atoms with Gasteiger partial charge in [-0.05, 0) is 48.0 Å². The predicted molar refractivity (Wildman–Crippen MR) is 114 cm³/mol. The van der Waals surface area contributed by atoms with E-state index in [4.69, 9.17) is 9.47 Å². The molecule has 7 nitrogen and oxygen atoms in total. The number of carboxylic acids is 1. The maximum atomic E-state index is 11.7. The Balaban J connectivity index is 1.86. The summed E-state index contributed by atoms with van der Waals surface area (Å²) in [5.74, 6) is 0.584. The van der Waals surface area contributed by atoms with Crippen LogP contribution in [0.1, 0.15) is 17.0 Å². The third kappa shape index (κ3) is 5.61. The number of hydrogen-bond donors (Lipinski definition) is 2. The maximum absolute atomic E-state index is 11.7. The molecule has 0 aliphatic heterocycles. The summed E-state index contributed by atoms with van der Waals surface area (Å²) < 4.78 is 12.0. The van der Waals surface area contributed by atoms with E-state index >= 15 is 0 Å². The Labute approximate surface area is 180 Å². The Kier molecular flexibility index (Phi) is 6.95. The van der Waals surface area contributed by atoms with Gasteiger partial charge < -0.3 is 14.6 Å². The summed E-state index contributed by atoms with van der Waals surface area (Å²) in [5.41, 5.74) is 1.66. The van der Waals surface area contributed by atoms with Crippen LogP contribution in [0.25, 0.3) is 6.08 Å². The third-order valence-electron chi connectivity index (χ3n) is 3.80. The van der Waals surface area contributed by atoms with Crippen molar-refractivity contribution >= 4 is 39.7 Å². The second kappa shape index (κ2) is 9.62. The monoisotopic (exact) mass is 475 g/mol. The van der Waals surface area contributed by atoms with Crippen LogP contribution in [0.5, 0.6) is 11.5 Å². The van der Waals surface area contributed by atoms with Gasteiger partial charge in [0.1, 0.15) is 17.3 Å². The fourth-order valence-electron chi connectivity index (χ4n) is 2.41. The van der Waals surface area contributed by atoms with E-state index in [0.717, 1.165) is 17.3 Å². The zero-order valence-corrected chi connectivity index (χ0v) is 18.1. The van der Waals surface area contributed by atoms with Crippen molar-refractivity contribution < 1.29 is 19.4 Å². The molecule has 3 rings (SSSR count). The van der Waals surface area contributed by atoms with E-state index in [-0.39, 0.29) is 4.91 Å². The van der Waals surface area contributed by atoms with E-state index in [9.17, 15) is 9.90 Å². The number of carbonyl (C=O) groups is 1. The minimum absolute atomic E-state index is 0.0738. The average molecular weight is 476 g/mol. The van der Waals surface area contributed by atoms with Crippen LogP contribution < -0.4 is 9.47 Å². The highest BCUT2D eigenvalue weighted by Crippen LogP contribution is 2.36. The Morgan fingerprint density at radius 3 is 2.66 bits per heavy atom. The number of nitrogens with zero attached hydrogens (tertiary/aromatic N) is 2. The van der Waals surface area contributed by atoms with Crippen LogP contribution in [0.3, 0.4) is 0 Å². The minimum Gasteiger partial charge on any atom is -0.493 e. The van der Waals surface area contributed by atoms with E-state index in [2.05, 4.69) is 31.1 Å². The molecule has 0 bridgehead atoms. The van der Waals surface area contributed by atoms with Crippen molar-refractivity contribution in [3.8, 4) is 11.5 Å². The Bertz CT molecular complexity index is 1040. The van der Waals surface area contributed by atoms with E-state index in [1.807, 2.05) is 30.3 Å². The second-order valence-corrected chi connectivity index (χ2v) is 7.78. The summed E-state index contributed by atoms with van der Waals surface area (Å²) in [6.45, 7) is 2.13. The zero-order valence-electron chi connectivity index (χ0n) is 15.7. The number of aromatic amines is 1. The van der Waals surface area contributed by atoms with Crippen molar-refractivity contribution in [3.63, 3.8) is 0 Å². The van der Waals surface area contributed by atoms with E-state index in [1.54, 1.807) is 19.1 Å². The number of rotatable bonds is 8. The number of carboxylic acid groups (broad SMARTS) is 1. The summed E-state index contributed by atoms with van der Waals surface area (Å²) in [7, 11) is 1.54. The molecule has 0 amide bonds. The van der Waals surface area contributed by atoms with Gasteiger partial charge in [0.15, 0.2) is 11.5 Å². The van der Waals surface area contributed by atoms with Crippen molar-refractivity contribution in [1.29, 1.82) is 0 Å². The number of aromatic nitrogens is 3. The molecule has 0 atom stereocenters. The van der Waals surface area contributed by atoms with Gasteiger partial charge in [0.25, 0.3) is 0 Å². The van der Waals surface area contributed by atoms with Gasteiger partial charge in [0.05, 0.1) is 7.11 Å². The molecule has 2 aromatic carbocycles. The normalized spacial score (nSPS) is 11.3. The number of benzene rings is 2. The second-order valence-electron chi connectivity index (χ2n) is 5.92. The number of aryl methyl sites for hydroxylation is 1. The summed E-state index contributed by atoms with van der Waals surface area (Å²) in [6, 6.07) is 13.3. The lowest BCUT2D eigenvalue weighted by molar-refractivity contribution is -0.131. The lowest BCUT2D eigenvalue weighted by Gasteiger charge is -2.13. The number of ether oxygens (including phenoxy) is 2. The van der Waals surface area contributed by atoms with Gasteiger partial charge in [0, 0.05) is 4.47 Å². The number of thioether (sulfide) groups is 1. The fourth-order valence-corrected chi connectivity index (χ4v) is 3.59. The molecule has 0 aliphatic rings. The molecule has 0 unspecified atom stereocenters. The predicted octanol–water partition coefficient (Wildman–Crippen LogP) is 4.68. The highest BCUT2D eigenvalue weighted by Gasteiger charge is 2.16. The largest absolute Gasteiger partial charge is 0.493 e. The average Bonchev–Trinajstić information content (AvgIpc) is 3.12. The molecule has 150 valence electrons. The third-order valence-corrected chi connectivity index (χ3v) is 5.36. The molecular weight excluding hydrogens is 458 g/mol. The van der Waals surface area contributed by atoms with Gasteiger partial charge in [-0.2, -0.15) is 0 Å². The van der Waals surface area contributed by atoms with Crippen molar-refractivity contribution in [3.05, 3.63) is 68.8 Å². The van der Waals surface area contributed by atoms with Crippen LogP contribution in [0.2, 0.25) is 0 Å². The standard InChI is InChI=1S/C20H18BrN3O4S/c1-12-22-20(24-23-12)29-18(19(25)26)9-14-8-16(27-2)17(10-15(14)21)28-11-13-6-4-3-5-7-13/h3-10H,11H2,1-2H3,(H,25,26)(H,22,23,24). The van der Waals surface area contributed by atoms with E-state index in [0.29, 0.717) is 39.1 Å². The first kappa shape index (κ1) is 20.9. The van der Waals surface area contributed by atoms with Crippen LogP contribution in [-0.2, 0) is 11.4 Å². The van der Waals surface area contributed by atoms with E-state index in [1.165, 1.54) is 13.2 Å². The number of hydrogen-bond acceptors (Lipinski definition) is 6. The first-order valence-electron chi connectivity index (χ1n) is 8.52. The van der Waals surface area contributed by atoms with Crippen molar-refractivity contribution in [2.45, 2.75) is 18.7 Å². The summed E-state index contributed by atoms with van der Waals surface area (Å²) in [5, 5.41) is 16.6. The molecule has 1 heterocycles. The number of aliphatic carboxylic acids is 1. The van der Waals surface area contributed by atoms with Crippen LogP contribution in [0.4, 0.5) is 0 Å². The minimum atomic E-state index is -1.08. The first-order chi connectivity index (χ1) is 14.0. The maximum Gasteiger partial charge on any atom is 0.342 e. The Morgan fingerprint density at radius 2 is 2.03 bits per heavy atom. The number of methoxy groups -OCH3 is 1. The smallest absolute Gasteiger partial charge is 0.342 e. The highest BCUT2D eigenvalue weighted by atomic mass is 79.9. The number of nitrogens with one attached hydrogen (secondary N) is 1. The molecule has 0 aliphatic carbocycles. The molecule has 0 saturated heterocycles. The highest BCUT2D eigenvalue weighted by molar-refractivity contribution is 9.10. The Morgan fingerprint density at radius 1 is 1.28 bits per heavy atom. The molecule has 2 N–H and O–H groups in total. The quantitative estimate of drug-likeness (QED) is 0.360. The molecule has 29 heavy (non-hydrogen) atoms. The summed E-state index contributed by atoms with van der Waals surface area (Å²) in [6.07, 6.45) is 1.53. The van der Waals surface area contributed by atoms with Crippen LogP contribution in [0.15, 0.2) is 57.0 Å². The molecule has 0 fully saturated rings. The summed E-state index contributed by atoms with van der Waals surface area (Å²) in [4.78, 5) is 15.9. The van der Waals surface area contributed by atoms with Crippen LogP contribution in [0, 0.1) is 6.92 Å². The van der Waals surface area contributed by atoms with Crippen molar-refractivity contribution in [2.24, 2.45) is 0 Å². The number of H-pyrrole nitrogens is 1. The van der Waals surface area contributed by atoms with Crippen molar-refractivity contribution in [2.75, 3.05) is 7.11 Å². The molecule has 0 saturated carbocycles. The first-order valence-corrected chi connectivity index (χ1v) is 10.1. The molecule has 0 spiro atoms. The van der Waals surface area contributed by atoms with E-state index < -0.39 is 5.97 Å². The fraction of sp³-hybridized carbons (Fsp3) is 0.150. The lowest BCUT2D eigenvalue weighted by Crippen LogP contribution is -2.00. The van der Waals surface area contributed by atoms with Gasteiger partial charge in [-0.25, -0.2) is 9.78 Å². The molecule has 1 aromatic heterocycles. The number of halogens is 1. The van der Waals surface area contributed by atoms with Gasteiger partial charge in [-0.15, -0.1) is 5.10 Å². The van der Waals surface area contributed by atoms with Crippen molar-refractivity contribution in [1.82, 2.24) is 15.2 Å². The van der Waals surface area contributed by atoms with Gasteiger partial charge in [-0.1, -0.05) is 46.3 Å². The van der Waals surface area contributed by atoms with Gasteiger partial charge >= 0.3 is 5.97 Å². The molecule has 0 radical (unpaired) electrons. The Hall–Kier alpha value is -2.78. The van der Waals surface area contributed by atoms with Crippen LogP contribution >= 0.6 is 27.7 Å². The topological polar surface area (TPSA) is 97.3 Å². The lowest BCUT2D eigenvalue weighted by atomic mass is 10.2. The molecule has 9 heteroatoms. The zero-order chi connectivity index (χ0) is 20.8. The SMILES string of the molecule is COc1cc(C=C(Sc2n[nH]c(C)n2)C(=O)O)c(Br)cc1OCc1ccccc1. The van der Waals surface area contributed by atoms with Crippen LogP contribution in [-0.4, -0.2) is 33.4 Å². The molecular formula is C20H18BrN3O4S. The van der Waals surface area contributed by atoms with Gasteiger partial charge in [-0.3, -0.25) is 5.10 Å².